The molecule has 0 spiro atoms. The Morgan fingerprint density at radius 2 is 2.11 bits per heavy atom. The zero-order chi connectivity index (χ0) is 6.69. The van der Waals surface area contributed by atoms with Crippen LogP contribution in [0.2, 0.25) is 0 Å². The maximum atomic E-state index is 10.5. The van der Waals surface area contributed by atoms with Crippen LogP contribution in [0, 0.1) is 0 Å². The molecule has 1 aliphatic rings. The Morgan fingerprint density at radius 1 is 1.56 bits per heavy atom. The Hall–Kier alpha value is 0.0700. The van der Waals surface area contributed by atoms with Crippen molar-refractivity contribution in [3.63, 3.8) is 0 Å². The molecule has 50 valence electrons. The summed E-state index contributed by atoms with van der Waals surface area (Å²) >= 11 is 3.13. The molecule has 0 saturated carbocycles. The van der Waals surface area contributed by atoms with Gasteiger partial charge in [-0.3, -0.25) is 4.79 Å². The van der Waals surface area contributed by atoms with Gasteiger partial charge in [-0.05, 0) is 41.6 Å². The molecule has 0 N–H and O–H groups in total. The van der Waals surface area contributed by atoms with Crippen LogP contribution in [0.1, 0.15) is 6.92 Å². The van der Waals surface area contributed by atoms with E-state index in [-0.39, 0.29) is 5.78 Å². The summed E-state index contributed by atoms with van der Waals surface area (Å²) in [6.45, 7) is 2.13. The average Bonchev–Trinajstić information content (AvgIpc) is 2.15. The number of nitrogens with zero attached hydrogens (tertiary/aromatic N) is 1. The van der Waals surface area contributed by atoms with Gasteiger partial charge in [0.2, 0.25) is 0 Å². The number of Topliss-reactive ketones (excluding diaryl/α,β-unsaturated/α-hetero) is 1. The van der Waals surface area contributed by atoms with Crippen molar-refractivity contribution in [1.82, 2.24) is 3.71 Å². The monoisotopic (exact) mass is 161 g/mol. The summed E-state index contributed by atoms with van der Waals surface area (Å²) < 4.78 is 1.93. The van der Waals surface area contributed by atoms with Crippen molar-refractivity contribution in [3.05, 3.63) is 10.8 Å². The van der Waals surface area contributed by atoms with Gasteiger partial charge in [0.25, 0.3) is 0 Å². The number of carbonyl (C=O) groups excluding carboxylic acids is 1. The first-order valence-corrected chi connectivity index (χ1v) is 4.22. The predicted octanol–water partition coefficient (Wildman–Crippen LogP) is 1.66. The standard InChI is InChI=1S/C5H7NOS2/c1-5(7)4-6-8-2-3-9-6/h2-3H,4H2,1H3. The van der Waals surface area contributed by atoms with Gasteiger partial charge in [-0.1, -0.05) is 0 Å². The Bertz CT molecular complexity index is 138. The second kappa shape index (κ2) is 3.29. The summed E-state index contributed by atoms with van der Waals surface area (Å²) in [5.41, 5.74) is 0. The van der Waals surface area contributed by atoms with Crippen molar-refractivity contribution in [1.29, 1.82) is 0 Å². The highest BCUT2D eigenvalue weighted by atomic mass is 32.2. The Morgan fingerprint density at radius 3 is 2.56 bits per heavy atom. The van der Waals surface area contributed by atoms with Crippen LogP contribution < -0.4 is 0 Å². The molecule has 1 rings (SSSR count). The molecule has 4 heteroatoms. The molecule has 2 nitrogen and oxygen atoms in total. The predicted molar refractivity (Wildman–Crippen MR) is 41.7 cm³/mol. The van der Waals surface area contributed by atoms with E-state index in [2.05, 4.69) is 0 Å². The van der Waals surface area contributed by atoms with Crippen LogP contribution in [0.5, 0.6) is 0 Å². The Balaban J connectivity index is 2.22. The van der Waals surface area contributed by atoms with Crippen LogP contribution in [-0.4, -0.2) is 16.0 Å². The van der Waals surface area contributed by atoms with Gasteiger partial charge in [0.15, 0.2) is 0 Å². The lowest BCUT2D eigenvalue weighted by Gasteiger charge is -2.07. The van der Waals surface area contributed by atoms with E-state index in [1.807, 2.05) is 14.5 Å². The molecule has 0 saturated heterocycles. The number of hydrogen-bond donors (Lipinski definition) is 0. The minimum atomic E-state index is 0.207. The fourth-order valence-electron chi connectivity index (χ4n) is 0.467. The van der Waals surface area contributed by atoms with E-state index >= 15 is 0 Å². The van der Waals surface area contributed by atoms with Gasteiger partial charge in [0.1, 0.15) is 5.78 Å². The molecule has 0 aliphatic carbocycles. The first-order valence-electron chi connectivity index (χ1n) is 2.54. The Kier molecular flexibility index (Phi) is 2.63. The van der Waals surface area contributed by atoms with E-state index in [4.69, 9.17) is 0 Å². The topological polar surface area (TPSA) is 20.3 Å². The Labute approximate surface area is 62.9 Å². The highest BCUT2D eigenvalue weighted by Gasteiger charge is 2.09. The number of carbonyl (C=O) groups is 1. The number of ketones is 1. The average molecular weight is 161 g/mol. The van der Waals surface area contributed by atoms with Gasteiger partial charge in [-0.25, -0.2) is 0 Å². The molecule has 1 aliphatic heterocycles. The highest BCUT2D eigenvalue weighted by molar-refractivity contribution is 8.17. The van der Waals surface area contributed by atoms with Crippen molar-refractivity contribution in [2.24, 2.45) is 0 Å². The van der Waals surface area contributed by atoms with E-state index in [1.54, 1.807) is 30.8 Å². The third-order valence-electron chi connectivity index (χ3n) is 0.764. The summed E-state index contributed by atoms with van der Waals surface area (Å²) in [4.78, 5) is 10.5. The summed E-state index contributed by atoms with van der Waals surface area (Å²) in [6, 6.07) is 0. The molecule has 9 heavy (non-hydrogen) atoms. The maximum absolute atomic E-state index is 10.5. The molecule has 0 bridgehead atoms. The molecule has 0 amide bonds. The fourth-order valence-corrected chi connectivity index (χ4v) is 2.15. The normalized spacial score (nSPS) is 18.8. The van der Waals surface area contributed by atoms with Gasteiger partial charge in [-0.15, -0.1) is 0 Å². The van der Waals surface area contributed by atoms with E-state index in [1.165, 1.54) is 0 Å². The van der Waals surface area contributed by atoms with Gasteiger partial charge in [0, 0.05) is 0 Å². The van der Waals surface area contributed by atoms with Crippen LogP contribution in [0.3, 0.4) is 0 Å². The maximum Gasteiger partial charge on any atom is 0.145 e. The van der Waals surface area contributed by atoms with E-state index in [9.17, 15) is 4.79 Å². The van der Waals surface area contributed by atoms with Crippen molar-refractivity contribution in [2.75, 3.05) is 6.54 Å². The minimum Gasteiger partial charge on any atom is -0.298 e. The van der Waals surface area contributed by atoms with Crippen LogP contribution in [0.4, 0.5) is 0 Å². The molecular weight excluding hydrogens is 154 g/mol. The molecule has 0 atom stereocenters. The smallest absolute Gasteiger partial charge is 0.145 e. The summed E-state index contributed by atoms with van der Waals surface area (Å²) in [5, 5.41) is 3.93. The fraction of sp³-hybridized carbons (Fsp3) is 0.400. The van der Waals surface area contributed by atoms with Crippen molar-refractivity contribution in [2.45, 2.75) is 6.92 Å². The van der Waals surface area contributed by atoms with E-state index in [0.717, 1.165) is 0 Å². The lowest BCUT2D eigenvalue weighted by atomic mass is 10.5. The van der Waals surface area contributed by atoms with Crippen molar-refractivity contribution in [3.8, 4) is 0 Å². The van der Waals surface area contributed by atoms with Crippen LogP contribution >= 0.6 is 23.9 Å². The molecule has 0 aromatic heterocycles. The largest absolute Gasteiger partial charge is 0.298 e. The zero-order valence-corrected chi connectivity index (χ0v) is 6.67. The molecule has 1 heterocycles. The van der Waals surface area contributed by atoms with Gasteiger partial charge in [0.05, 0.1) is 6.54 Å². The molecule has 0 aromatic carbocycles. The second-order valence-electron chi connectivity index (χ2n) is 1.68. The lowest BCUT2D eigenvalue weighted by molar-refractivity contribution is -0.116. The van der Waals surface area contributed by atoms with Gasteiger partial charge < -0.3 is 0 Å². The van der Waals surface area contributed by atoms with Crippen molar-refractivity contribution < 1.29 is 4.79 Å². The zero-order valence-electron chi connectivity index (χ0n) is 5.03. The van der Waals surface area contributed by atoms with Crippen molar-refractivity contribution >= 4 is 29.7 Å². The van der Waals surface area contributed by atoms with Gasteiger partial charge >= 0.3 is 0 Å². The molecule has 0 aromatic rings. The minimum absolute atomic E-state index is 0.207. The molecule has 0 unspecified atom stereocenters. The number of hydrogen-bond acceptors (Lipinski definition) is 4. The summed E-state index contributed by atoms with van der Waals surface area (Å²) in [5.74, 6) is 0.207. The second-order valence-corrected chi connectivity index (χ2v) is 3.75. The van der Waals surface area contributed by atoms with E-state index < -0.39 is 0 Å². The highest BCUT2D eigenvalue weighted by Crippen LogP contribution is 2.30. The third-order valence-corrected chi connectivity index (χ3v) is 2.70. The van der Waals surface area contributed by atoms with Crippen LogP contribution in [0.25, 0.3) is 0 Å². The van der Waals surface area contributed by atoms with Gasteiger partial charge in [-0.2, -0.15) is 3.71 Å². The molecule has 0 fully saturated rings. The SMILES string of the molecule is CC(=O)CN1SC=CS1. The van der Waals surface area contributed by atoms with E-state index in [0.29, 0.717) is 6.54 Å². The van der Waals surface area contributed by atoms with Crippen LogP contribution in [-0.2, 0) is 4.79 Å². The third kappa shape index (κ3) is 2.43. The lowest BCUT2D eigenvalue weighted by Crippen LogP contribution is -2.11. The summed E-state index contributed by atoms with van der Waals surface area (Å²) in [7, 11) is 0. The molecule has 0 radical (unpaired) electrons. The summed E-state index contributed by atoms with van der Waals surface area (Å²) in [6.07, 6.45) is 0. The first kappa shape index (κ1) is 7.18. The quantitative estimate of drug-likeness (QED) is 0.574. The van der Waals surface area contributed by atoms with Crippen LogP contribution in [0.15, 0.2) is 10.8 Å². The first-order chi connectivity index (χ1) is 4.29. The molecular formula is C5H7NOS2. The number of rotatable bonds is 2.